The molecule has 4 rings (SSSR count). The normalized spacial score (nSPS) is 15.6. The van der Waals surface area contributed by atoms with Gasteiger partial charge in [-0.15, -0.1) is 0 Å². The molecule has 0 heterocycles. The molecule has 31 heavy (non-hydrogen) atoms. The molecule has 0 spiro atoms. The van der Waals surface area contributed by atoms with Gasteiger partial charge in [0.2, 0.25) is 0 Å². The van der Waals surface area contributed by atoms with Crippen LogP contribution in [0.15, 0.2) is 72.8 Å². The van der Waals surface area contributed by atoms with Gasteiger partial charge in [0.15, 0.2) is 17.3 Å². The molecular formula is C26H24O5. The zero-order chi connectivity index (χ0) is 21.6. The quantitative estimate of drug-likeness (QED) is 0.430. The van der Waals surface area contributed by atoms with E-state index in [4.69, 9.17) is 9.47 Å². The van der Waals surface area contributed by atoms with Crippen LogP contribution in [0.3, 0.4) is 0 Å². The highest BCUT2D eigenvalue weighted by atomic mass is 16.5. The molecule has 1 unspecified atom stereocenters. The van der Waals surface area contributed by atoms with Crippen molar-refractivity contribution in [3.8, 4) is 11.5 Å². The molecule has 0 aliphatic heterocycles. The van der Waals surface area contributed by atoms with Crippen molar-refractivity contribution in [2.24, 2.45) is 5.92 Å². The van der Waals surface area contributed by atoms with E-state index in [2.05, 4.69) is 0 Å². The average molecular weight is 416 g/mol. The number of fused-ring (bicyclic) bond motifs is 1. The van der Waals surface area contributed by atoms with Crippen LogP contribution in [0.4, 0.5) is 0 Å². The minimum Gasteiger partial charge on any atom is -0.485 e. The second-order valence-electron chi connectivity index (χ2n) is 7.65. The van der Waals surface area contributed by atoms with Crippen molar-refractivity contribution in [1.82, 2.24) is 0 Å². The fourth-order valence-corrected chi connectivity index (χ4v) is 3.79. The Balaban J connectivity index is 1.65. The Morgan fingerprint density at radius 2 is 1.42 bits per heavy atom. The third kappa shape index (κ3) is 4.94. The monoisotopic (exact) mass is 416 g/mol. The minimum absolute atomic E-state index is 0.317. The fraction of sp³-hybridized carbons (Fsp3) is 0.231. The Hall–Kier alpha value is -3.60. The number of ketones is 1. The molecule has 1 aliphatic rings. The largest absolute Gasteiger partial charge is 0.485 e. The number of hydrogen-bond acceptors (Lipinski definition) is 4. The van der Waals surface area contributed by atoms with E-state index < -0.39 is 11.9 Å². The zero-order valence-corrected chi connectivity index (χ0v) is 17.1. The molecule has 0 bridgehead atoms. The number of carbonyl (C=O) groups is 2. The van der Waals surface area contributed by atoms with Gasteiger partial charge in [0.1, 0.15) is 19.1 Å². The number of carbonyl (C=O) groups excluding carboxylic acids is 1. The van der Waals surface area contributed by atoms with Gasteiger partial charge in [0, 0.05) is 5.56 Å². The maximum absolute atomic E-state index is 12.9. The van der Waals surface area contributed by atoms with Crippen molar-refractivity contribution >= 4 is 11.8 Å². The summed E-state index contributed by atoms with van der Waals surface area (Å²) in [6, 6.07) is 23.0. The molecule has 0 aromatic heterocycles. The number of aryl methyl sites for hydroxylation is 1. The van der Waals surface area contributed by atoms with E-state index in [0.717, 1.165) is 16.7 Å². The summed E-state index contributed by atoms with van der Waals surface area (Å²) in [7, 11) is 0. The van der Waals surface area contributed by atoms with Gasteiger partial charge in [-0.05, 0) is 48.1 Å². The number of ether oxygens (including phenoxy) is 2. The van der Waals surface area contributed by atoms with Gasteiger partial charge in [0.25, 0.3) is 0 Å². The van der Waals surface area contributed by atoms with Crippen LogP contribution in [0.25, 0.3) is 0 Å². The smallest absolute Gasteiger partial charge is 0.314 e. The lowest BCUT2D eigenvalue weighted by Gasteiger charge is -2.17. The summed E-state index contributed by atoms with van der Waals surface area (Å²) in [5.41, 5.74) is 3.23. The number of hydrogen-bond donors (Lipinski definition) is 1. The molecule has 0 amide bonds. The molecule has 5 heteroatoms. The molecule has 1 aliphatic carbocycles. The molecule has 0 saturated heterocycles. The van der Waals surface area contributed by atoms with Crippen LogP contribution in [-0.4, -0.2) is 16.9 Å². The second-order valence-corrected chi connectivity index (χ2v) is 7.65. The van der Waals surface area contributed by atoms with E-state index in [1.54, 1.807) is 6.07 Å². The van der Waals surface area contributed by atoms with E-state index >= 15 is 0 Å². The summed E-state index contributed by atoms with van der Waals surface area (Å²) in [5.74, 6) is -1.45. The molecule has 0 radical (unpaired) electrons. The highest BCUT2D eigenvalue weighted by Crippen LogP contribution is 2.36. The summed E-state index contributed by atoms with van der Waals surface area (Å²) >= 11 is 0. The number of rotatable bonds is 7. The number of Topliss-reactive ketones (excluding diaryl/α,β-unsaturated/α-hetero) is 1. The van der Waals surface area contributed by atoms with Gasteiger partial charge in [-0.3, -0.25) is 9.59 Å². The Labute approximate surface area is 181 Å². The summed E-state index contributed by atoms with van der Waals surface area (Å²) in [6.07, 6.45) is 1.60. The summed E-state index contributed by atoms with van der Waals surface area (Å²) in [5, 5.41) is 9.47. The third-order valence-electron chi connectivity index (χ3n) is 5.46. The van der Waals surface area contributed by atoms with Crippen LogP contribution in [-0.2, 0) is 24.4 Å². The Morgan fingerprint density at radius 3 is 1.97 bits per heavy atom. The van der Waals surface area contributed by atoms with Crippen molar-refractivity contribution in [1.29, 1.82) is 0 Å². The van der Waals surface area contributed by atoms with Crippen LogP contribution in [0.1, 0.15) is 39.9 Å². The first-order valence-corrected chi connectivity index (χ1v) is 10.4. The summed E-state index contributed by atoms with van der Waals surface area (Å²) < 4.78 is 12.1. The molecule has 1 atom stereocenters. The van der Waals surface area contributed by atoms with Crippen molar-refractivity contribution in [3.63, 3.8) is 0 Å². The van der Waals surface area contributed by atoms with Crippen molar-refractivity contribution < 1.29 is 24.2 Å². The standard InChI is InChI=1S/C26H24O5/c27-25-21(26(28)29)13-7-12-20-14-23(30-16-18-8-3-1-4-9-18)24(15-22(20)25)31-17-19-10-5-2-6-11-19/h1-6,8-11,14-15,21H,7,12-13,16-17H2,(H,28,29). The number of carboxylic acids is 1. The molecule has 0 saturated carbocycles. The molecule has 0 fully saturated rings. The van der Waals surface area contributed by atoms with Crippen LogP contribution in [0.5, 0.6) is 11.5 Å². The molecule has 3 aromatic rings. The maximum Gasteiger partial charge on any atom is 0.314 e. The van der Waals surface area contributed by atoms with Crippen LogP contribution >= 0.6 is 0 Å². The first-order chi connectivity index (χ1) is 15.1. The molecular weight excluding hydrogens is 392 g/mol. The van der Waals surface area contributed by atoms with E-state index in [1.807, 2.05) is 66.7 Å². The van der Waals surface area contributed by atoms with Gasteiger partial charge in [-0.2, -0.15) is 0 Å². The first kappa shape index (κ1) is 20.7. The lowest BCUT2D eigenvalue weighted by atomic mass is 9.95. The van der Waals surface area contributed by atoms with Crippen LogP contribution in [0, 0.1) is 5.92 Å². The first-order valence-electron chi connectivity index (χ1n) is 10.4. The molecule has 5 nitrogen and oxygen atoms in total. The predicted molar refractivity (Wildman–Crippen MR) is 116 cm³/mol. The SMILES string of the molecule is O=C(O)C1CCCc2cc(OCc3ccccc3)c(OCc3ccccc3)cc2C1=O. The van der Waals surface area contributed by atoms with Gasteiger partial charge >= 0.3 is 5.97 Å². The van der Waals surface area contributed by atoms with E-state index in [1.165, 1.54) is 0 Å². The summed E-state index contributed by atoms with van der Waals surface area (Å²) in [4.78, 5) is 24.5. The van der Waals surface area contributed by atoms with Gasteiger partial charge in [-0.1, -0.05) is 60.7 Å². The van der Waals surface area contributed by atoms with Crippen LogP contribution < -0.4 is 9.47 Å². The van der Waals surface area contributed by atoms with Crippen molar-refractivity contribution in [3.05, 3.63) is 95.1 Å². The fourth-order valence-electron chi connectivity index (χ4n) is 3.79. The van der Waals surface area contributed by atoms with Crippen LogP contribution in [0.2, 0.25) is 0 Å². The minimum atomic E-state index is -1.07. The number of benzene rings is 3. The Bertz CT molecular complexity index is 1060. The third-order valence-corrected chi connectivity index (χ3v) is 5.46. The zero-order valence-electron chi connectivity index (χ0n) is 17.1. The van der Waals surface area contributed by atoms with Gasteiger partial charge in [-0.25, -0.2) is 0 Å². The number of carboxylic acid groups (broad SMARTS) is 1. The molecule has 158 valence electrons. The Kier molecular flexibility index (Phi) is 6.32. The predicted octanol–water partition coefficient (Wildman–Crippen LogP) is 5.06. The molecule has 1 N–H and O–H groups in total. The van der Waals surface area contributed by atoms with Gasteiger partial charge in [0.05, 0.1) is 0 Å². The highest BCUT2D eigenvalue weighted by molar-refractivity contribution is 6.09. The van der Waals surface area contributed by atoms with E-state index in [0.29, 0.717) is 49.5 Å². The van der Waals surface area contributed by atoms with E-state index in [-0.39, 0.29) is 5.78 Å². The lowest BCUT2D eigenvalue weighted by molar-refractivity contribution is -0.140. The average Bonchev–Trinajstić information content (AvgIpc) is 2.96. The maximum atomic E-state index is 12.9. The summed E-state index contributed by atoms with van der Waals surface area (Å²) in [6.45, 7) is 0.685. The topological polar surface area (TPSA) is 72.8 Å². The highest BCUT2D eigenvalue weighted by Gasteiger charge is 2.32. The van der Waals surface area contributed by atoms with E-state index in [9.17, 15) is 14.7 Å². The van der Waals surface area contributed by atoms with Crippen molar-refractivity contribution in [2.45, 2.75) is 32.5 Å². The number of aliphatic carboxylic acids is 1. The lowest BCUT2D eigenvalue weighted by Crippen LogP contribution is -2.23. The second kappa shape index (κ2) is 9.47. The molecule has 3 aromatic carbocycles. The van der Waals surface area contributed by atoms with Gasteiger partial charge < -0.3 is 14.6 Å². The Morgan fingerprint density at radius 1 is 0.871 bits per heavy atom. The van der Waals surface area contributed by atoms with Crippen molar-refractivity contribution in [2.75, 3.05) is 0 Å².